The summed E-state index contributed by atoms with van der Waals surface area (Å²) in [4.78, 5) is 0. The summed E-state index contributed by atoms with van der Waals surface area (Å²) in [6, 6.07) is 2.74. The molecule has 4 N–H and O–H groups in total. The number of aliphatic hydroxyl groups is 1. The first-order chi connectivity index (χ1) is 6.06. The van der Waals surface area contributed by atoms with Gasteiger partial charge in [-0.2, -0.15) is 0 Å². The molecule has 0 amide bonds. The van der Waals surface area contributed by atoms with E-state index in [0.29, 0.717) is 10.0 Å². The second-order valence-electron chi connectivity index (χ2n) is 2.61. The third-order valence-electron chi connectivity index (χ3n) is 1.64. The molecular weight excluding hydrogens is 302 g/mol. The topological polar surface area (TPSA) is 66.5 Å². The van der Waals surface area contributed by atoms with Crippen LogP contribution in [0.4, 0.5) is 0 Å². The molecule has 3 nitrogen and oxygen atoms in total. The van der Waals surface area contributed by atoms with Crippen LogP contribution >= 0.6 is 31.9 Å². The number of hydrogen-bond acceptors (Lipinski definition) is 3. The van der Waals surface area contributed by atoms with Gasteiger partial charge in [0.05, 0.1) is 12.6 Å². The molecule has 0 aromatic heterocycles. The fourth-order valence-electron chi connectivity index (χ4n) is 1.03. The number of hydrogen-bond donors (Lipinski definition) is 3. The lowest BCUT2D eigenvalue weighted by molar-refractivity contribution is 0.265. The highest BCUT2D eigenvalue weighted by Crippen LogP contribution is 2.33. The summed E-state index contributed by atoms with van der Waals surface area (Å²) in [5.41, 5.74) is 6.11. The quantitative estimate of drug-likeness (QED) is 0.782. The fraction of sp³-hybridized carbons (Fsp3) is 0.250. The molecule has 0 radical (unpaired) electrons. The Balaban J connectivity index is 3.20. The van der Waals surface area contributed by atoms with E-state index in [1.165, 1.54) is 6.07 Å². The molecule has 72 valence electrons. The maximum absolute atomic E-state index is 9.52. The van der Waals surface area contributed by atoms with E-state index in [2.05, 4.69) is 31.9 Å². The zero-order valence-corrected chi connectivity index (χ0v) is 9.84. The Kier molecular flexibility index (Phi) is 3.73. The number of aliphatic hydroxyl groups excluding tert-OH is 1. The molecule has 1 rings (SSSR count). The van der Waals surface area contributed by atoms with Gasteiger partial charge >= 0.3 is 0 Å². The van der Waals surface area contributed by atoms with Crippen molar-refractivity contribution in [1.82, 2.24) is 0 Å². The molecule has 13 heavy (non-hydrogen) atoms. The van der Waals surface area contributed by atoms with Crippen molar-refractivity contribution >= 4 is 31.9 Å². The Bertz CT molecular complexity index is 294. The standard InChI is InChI=1S/C8H9Br2NO2/c9-4-1-5(10)8(6(11)3-12)7(13)2-4/h1-2,6,12-13H,3,11H2/t6-/m0/s1. The van der Waals surface area contributed by atoms with E-state index in [9.17, 15) is 5.11 Å². The molecule has 1 atom stereocenters. The van der Waals surface area contributed by atoms with Gasteiger partial charge in [0.2, 0.25) is 0 Å². The van der Waals surface area contributed by atoms with Crippen LogP contribution in [0.5, 0.6) is 5.75 Å². The number of benzene rings is 1. The number of phenolic OH excluding ortho intramolecular Hbond substituents is 1. The van der Waals surface area contributed by atoms with Gasteiger partial charge in [0, 0.05) is 14.5 Å². The van der Waals surface area contributed by atoms with Gasteiger partial charge in [0.1, 0.15) is 5.75 Å². The summed E-state index contributed by atoms with van der Waals surface area (Å²) in [6.07, 6.45) is 0. The lowest BCUT2D eigenvalue weighted by Gasteiger charge is -2.13. The molecule has 0 aliphatic rings. The van der Waals surface area contributed by atoms with Crippen molar-refractivity contribution in [3.63, 3.8) is 0 Å². The van der Waals surface area contributed by atoms with Crippen LogP contribution in [0.2, 0.25) is 0 Å². The van der Waals surface area contributed by atoms with Crippen LogP contribution in [0, 0.1) is 0 Å². The van der Waals surface area contributed by atoms with Crippen molar-refractivity contribution in [2.24, 2.45) is 5.73 Å². The highest BCUT2D eigenvalue weighted by atomic mass is 79.9. The first-order valence-electron chi connectivity index (χ1n) is 3.60. The van der Waals surface area contributed by atoms with Crippen molar-refractivity contribution in [2.45, 2.75) is 6.04 Å². The summed E-state index contributed by atoms with van der Waals surface area (Å²) in [6.45, 7) is -0.201. The molecule has 0 saturated heterocycles. The van der Waals surface area contributed by atoms with Crippen LogP contribution in [0.15, 0.2) is 21.1 Å². The number of halogens is 2. The van der Waals surface area contributed by atoms with E-state index < -0.39 is 6.04 Å². The molecule has 0 aliphatic heterocycles. The van der Waals surface area contributed by atoms with Crippen LogP contribution < -0.4 is 5.73 Å². The third kappa shape index (κ3) is 2.43. The van der Waals surface area contributed by atoms with Gasteiger partial charge in [-0.25, -0.2) is 0 Å². The van der Waals surface area contributed by atoms with Crippen molar-refractivity contribution < 1.29 is 10.2 Å². The largest absolute Gasteiger partial charge is 0.508 e. The normalized spacial score (nSPS) is 12.9. The molecule has 0 saturated carbocycles. The molecule has 1 aromatic rings. The van der Waals surface area contributed by atoms with Crippen LogP contribution in [-0.2, 0) is 0 Å². The predicted octanol–water partition coefficient (Wildman–Crippen LogP) is 1.91. The second kappa shape index (κ2) is 4.41. The van der Waals surface area contributed by atoms with Gasteiger partial charge in [-0.05, 0) is 12.1 Å². The molecule has 0 bridgehead atoms. The Labute approximate surface area is 92.8 Å². The fourth-order valence-corrected chi connectivity index (χ4v) is 2.53. The molecule has 0 unspecified atom stereocenters. The van der Waals surface area contributed by atoms with Gasteiger partial charge < -0.3 is 15.9 Å². The number of aromatic hydroxyl groups is 1. The summed E-state index contributed by atoms with van der Waals surface area (Å²) in [5.74, 6) is 0.0720. The van der Waals surface area contributed by atoms with Crippen molar-refractivity contribution in [2.75, 3.05) is 6.61 Å². The van der Waals surface area contributed by atoms with Crippen molar-refractivity contribution in [1.29, 1.82) is 0 Å². The number of nitrogens with two attached hydrogens (primary N) is 1. The van der Waals surface area contributed by atoms with Crippen LogP contribution in [0.3, 0.4) is 0 Å². The Morgan fingerprint density at radius 1 is 1.38 bits per heavy atom. The molecule has 1 aromatic carbocycles. The monoisotopic (exact) mass is 309 g/mol. The third-order valence-corrected chi connectivity index (χ3v) is 2.75. The Hall–Kier alpha value is -0.100. The van der Waals surface area contributed by atoms with E-state index in [4.69, 9.17) is 10.8 Å². The van der Waals surface area contributed by atoms with Crippen molar-refractivity contribution in [3.8, 4) is 5.75 Å². The molecule has 5 heteroatoms. The predicted molar refractivity (Wildman–Crippen MR) is 57.5 cm³/mol. The molecule has 0 heterocycles. The lowest BCUT2D eigenvalue weighted by Crippen LogP contribution is -2.15. The summed E-state index contributed by atoms with van der Waals surface area (Å²) < 4.78 is 1.44. The smallest absolute Gasteiger partial charge is 0.122 e. The van der Waals surface area contributed by atoms with Crippen LogP contribution in [0.1, 0.15) is 11.6 Å². The number of rotatable bonds is 2. The first-order valence-corrected chi connectivity index (χ1v) is 5.19. The zero-order chi connectivity index (χ0) is 10.0. The highest BCUT2D eigenvalue weighted by Gasteiger charge is 2.14. The van der Waals surface area contributed by atoms with Crippen LogP contribution in [-0.4, -0.2) is 16.8 Å². The average molecular weight is 311 g/mol. The minimum atomic E-state index is -0.567. The zero-order valence-electron chi connectivity index (χ0n) is 6.67. The van der Waals surface area contributed by atoms with Gasteiger partial charge in [0.15, 0.2) is 0 Å². The average Bonchev–Trinajstić information content (AvgIpc) is 2.02. The maximum atomic E-state index is 9.52. The van der Waals surface area contributed by atoms with E-state index in [1.807, 2.05) is 0 Å². The number of phenols is 1. The second-order valence-corrected chi connectivity index (χ2v) is 4.38. The SMILES string of the molecule is N[C@@H](CO)c1c(O)cc(Br)cc1Br. The minimum Gasteiger partial charge on any atom is -0.508 e. The highest BCUT2D eigenvalue weighted by molar-refractivity contribution is 9.11. The Morgan fingerprint density at radius 3 is 2.46 bits per heavy atom. The minimum absolute atomic E-state index is 0.0720. The summed E-state index contributed by atoms with van der Waals surface area (Å²) >= 11 is 6.48. The van der Waals surface area contributed by atoms with E-state index in [1.54, 1.807) is 6.07 Å². The first kappa shape index (κ1) is 11.0. The molecular formula is C8H9Br2NO2. The molecule has 0 fully saturated rings. The lowest BCUT2D eigenvalue weighted by atomic mass is 10.1. The van der Waals surface area contributed by atoms with Gasteiger partial charge in [-0.3, -0.25) is 0 Å². The summed E-state index contributed by atoms with van der Waals surface area (Å²) in [7, 11) is 0. The molecule has 0 spiro atoms. The molecule has 0 aliphatic carbocycles. The van der Waals surface area contributed by atoms with Crippen molar-refractivity contribution in [3.05, 3.63) is 26.6 Å². The van der Waals surface area contributed by atoms with Gasteiger partial charge in [0.25, 0.3) is 0 Å². The van der Waals surface area contributed by atoms with E-state index in [-0.39, 0.29) is 12.4 Å². The maximum Gasteiger partial charge on any atom is 0.122 e. The van der Waals surface area contributed by atoms with Crippen LogP contribution in [0.25, 0.3) is 0 Å². The van der Waals surface area contributed by atoms with Gasteiger partial charge in [-0.1, -0.05) is 31.9 Å². The van der Waals surface area contributed by atoms with E-state index >= 15 is 0 Å². The summed E-state index contributed by atoms with van der Waals surface area (Å²) in [5, 5.41) is 18.4. The Morgan fingerprint density at radius 2 is 2.00 bits per heavy atom. The van der Waals surface area contributed by atoms with Gasteiger partial charge in [-0.15, -0.1) is 0 Å². The van der Waals surface area contributed by atoms with E-state index in [0.717, 1.165) is 4.47 Å².